The second kappa shape index (κ2) is 4.87. The van der Waals surface area contributed by atoms with Gasteiger partial charge in [0.1, 0.15) is 0 Å². The molecule has 1 nitrogen and oxygen atoms in total. The third kappa shape index (κ3) is 2.61. The molecule has 0 bridgehead atoms. The summed E-state index contributed by atoms with van der Waals surface area (Å²) in [6, 6.07) is 0.655. The smallest absolute Gasteiger partial charge is 0.0108 e. The van der Waals surface area contributed by atoms with E-state index < -0.39 is 0 Å². The summed E-state index contributed by atoms with van der Waals surface area (Å²) in [7, 11) is 2.05. The number of rotatable bonds is 3. The van der Waals surface area contributed by atoms with Crippen LogP contribution >= 0.6 is 11.8 Å². The number of thioether (sulfide) groups is 1. The first kappa shape index (κ1) is 10.9. The fourth-order valence-corrected chi connectivity index (χ4v) is 2.63. The van der Waals surface area contributed by atoms with Gasteiger partial charge in [0.25, 0.3) is 0 Å². The minimum atomic E-state index is 0.655. The fourth-order valence-electron chi connectivity index (χ4n) is 1.80. The molecule has 2 heteroatoms. The van der Waals surface area contributed by atoms with Gasteiger partial charge in [0.05, 0.1) is 0 Å². The number of nitrogens with one attached hydrogen (secondary N) is 1. The van der Waals surface area contributed by atoms with E-state index in [0.717, 1.165) is 6.42 Å². The van der Waals surface area contributed by atoms with Crippen LogP contribution < -0.4 is 5.32 Å². The standard InChI is InChI=1S/C11H19NS/c1-8(2)10-7-9(12-3)5-6-11(10)13-4/h9,12H,1,5-7H2,2-4H3. The van der Waals surface area contributed by atoms with E-state index in [4.69, 9.17) is 0 Å². The van der Waals surface area contributed by atoms with Crippen LogP contribution in [0.5, 0.6) is 0 Å². The quantitative estimate of drug-likeness (QED) is 0.746. The highest BCUT2D eigenvalue weighted by Gasteiger charge is 2.19. The van der Waals surface area contributed by atoms with Crippen LogP contribution in [0.15, 0.2) is 22.6 Å². The van der Waals surface area contributed by atoms with Gasteiger partial charge in [-0.2, -0.15) is 0 Å². The highest BCUT2D eigenvalue weighted by Crippen LogP contribution is 2.34. The zero-order valence-electron chi connectivity index (χ0n) is 8.81. The van der Waals surface area contributed by atoms with Crippen molar-refractivity contribution in [1.82, 2.24) is 5.32 Å². The molecule has 0 aliphatic heterocycles. The molecule has 0 spiro atoms. The van der Waals surface area contributed by atoms with Crippen molar-refractivity contribution in [2.75, 3.05) is 13.3 Å². The van der Waals surface area contributed by atoms with E-state index in [2.05, 4.69) is 25.1 Å². The van der Waals surface area contributed by atoms with Crippen molar-refractivity contribution in [1.29, 1.82) is 0 Å². The van der Waals surface area contributed by atoms with Crippen molar-refractivity contribution >= 4 is 11.8 Å². The molecule has 0 aromatic heterocycles. The van der Waals surface area contributed by atoms with E-state index in [9.17, 15) is 0 Å². The highest BCUT2D eigenvalue weighted by atomic mass is 32.2. The van der Waals surface area contributed by atoms with Gasteiger partial charge in [-0.15, -0.1) is 11.8 Å². The lowest BCUT2D eigenvalue weighted by Gasteiger charge is -2.26. The Morgan fingerprint density at radius 1 is 1.62 bits per heavy atom. The van der Waals surface area contributed by atoms with Crippen LogP contribution in [0.2, 0.25) is 0 Å². The van der Waals surface area contributed by atoms with Crippen molar-refractivity contribution in [3.63, 3.8) is 0 Å². The molecule has 74 valence electrons. The van der Waals surface area contributed by atoms with Crippen molar-refractivity contribution in [3.8, 4) is 0 Å². The van der Waals surface area contributed by atoms with Crippen LogP contribution in [0.3, 0.4) is 0 Å². The SMILES string of the molecule is C=C(C)C1=C(SC)CCC(NC)C1. The van der Waals surface area contributed by atoms with Crippen LogP contribution in [0.1, 0.15) is 26.2 Å². The van der Waals surface area contributed by atoms with E-state index in [0.29, 0.717) is 6.04 Å². The Morgan fingerprint density at radius 2 is 2.31 bits per heavy atom. The zero-order valence-corrected chi connectivity index (χ0v) is 9.63. The van der Waals surface area contributed by atoms with Gasteiger partial charge in [0, 0.05) is 6.04 Å². The first-order valence-electron chi connectivity index (χ1n) is 4.78. The Balaban J connectivity index is 2.80. The summed E-state index contributed by atoms with van der Waals surface area (Å²) in [5, 5.41) is 3.35. The molecule has 13 heavy (non-hydrogen) atoms. The molecule has 1 N–H and O–H groups in total. The summed E-state index contributed by atoms with van der Waals surface area (Å²) < 4.78 is 0. The highest BCUT2D eigenvalue weighted by molar-refractivity contribution is 8.02. The minimum absolute atomic E-state index is 0.655. The lowest BCUT2D eigenvalue weighted by molar-refractivity contribution is 0.503. The molecule has 0 radical (unpaired) electrons. The van der Waals surface area contributed by atoms with Crippen LogP contribution in [0, 0.1) is 0 Å². The maximum atomic E-state index is 4.05. The summed E-state index contributed by atoms with van der Waals surface area (Å²) in [4.78, 5) is 1.54. The molecule has 0 fully saturated rings. The lowest BCUT2D eigenvalue weighted by Crippen LogP contribution is -2.28. The van der Waals surface area contributed by atoms with Crippen LogP contribution in [-0.4, -0.2) is 19.3 Å². The summed E-state index contributed by atoms with van der Waals surface area (Å²) in [6.45, 7) is 6.16. The summed E-state index contributed by atoms with van der Waals surface area (Å²) >= 11 is 1.89. The Morgan fingerprint density at radius 3 is 2.77 bits per heavy atom. The van der Waals surface area contributed by atoms with Crippen molar-refractivity contribution in [2.45, 2.75) is 32.2 Å². The molecule has 0 heterocycles. The van der Waals surface area contributed by atoms with E-state index in [1.807, 2.05) is 18.8 Å². The van der Waals surface area contributed by atoms with Crippen LogP contribution in [0.25, 0.3) is 0 Å². The summed E-state index contributed by atoms with van der Waals surface area (Å²) in [5.41, 5.74) is 2.72. The second-order valence-electron chi connectivity index (χ2n) is 3.61. The predicted molar refractivity (Wildman–Crippen MR) is 62.1 cm³/mol. The fraction of sp³-hybridized carbons (Fsp3) is 0.636. The Kier molecular flexibility index (Phi) is 4.07. The first-order valence-corrected chi connectivity index (χ1v) is 6.00. The summed E-state index contributed by atoms with van der Waals surface area (Å²) in [6.07, 6.45) is 5.80. The first-order chi connectivity index (χ1) is 6.19. The van der Waals surface area contributed by atoms with Gasteiger partial charge in [-0.3, -0.25) is 0 Å². The lowest BCUT2D eigenvalue weighted by atomic mass is 9.91. The maximum Gasteiger partial charge on any atom is 0.0108 e. The predicted octanol–water partition coefficient (Wildman–Crippen LogP) is 2.95. The Labute approximate surface area is 85.7 Å². The molecule has 0 saturated carbocycles. The van der Waals surface area contributed by atoms with Gasteiger partial charge in [0.15, 0.2) is 0 Å². The van der Waals surface area contributed by atoms with Crippen LogP contribution in [-0.2, 0) is 0 Å². The third-order valence-corrected chi connectivity index (χ3v) is 3.62. The van der Waals surface area contributed by atoms with E-state index in [1.165, 1.54) is 24.0 Å². The molecule has 0 aromatic rings. The van der Waals surface area contributed by atoms with Gasteiger partial charge in [-0.05, 0) is 50.0 Å². The number of hydrogen-bond acceptors (Lipinski definition) is 2. The molecule has 0 amide bonds. The van der Waals surface area contributed by atoms with Crippen molar-refractivity contribution in [2.24, 2.45) is 0 Å². The zero-order chi connectivity index (χ0) is 9.84. The number of allylic oxidation sites excluding steroid dienone is 2. The average molecular weight is 197 g/mol. The second-order valence-corrected chi connectivity index (χ2v) is 4.52. The van der Waals surface area contributed by atoms with Gasteiger partial charge in [0.2, 0.25) is 0 Å². The monoisotopic (exact) mass is 197 g/mol. The number of hydrogen-bond donors (Lipinski definition) is 1. The minimum Gasteiger partial charge on any atom is -0.317 e. The van der Waals surface area contributed by atoms with Crippen molar-refractivity contribution in [3.05, 3.63) is 22.6 Å². The Hall–Kier alpha value is -0.210. The third-order valence-electron chi connectivity index (χ3n) is 2.68. The molecule has 1 aliphatic carbocycles. The molecule has 1 atom stereocenters. The molecule has 1 aliphatic rings. The van der Waals surface area contributed by atoms with E-state index >= 15 is 0 Å². The normalized spacial score (nSPS) is 23.5. The van der Waals surface area contributed by atoms with Crippen molar-refractivity contribution < 1.29 is 0 Å². The average Bonchev–Trinajstić information content (AvgIpc) is 2.16. The molecular formula is C11H19NS. The maximum absolute atomic E-state index is 4.05. The van der Waals surface area contributed by atoms with Gasteiger partial charge in [-0.1, -0.05) is 12.2 Å². The molecule has 1 unspecified atom stereocenters. The molecule has 0 saturated heterocycles. The Bertz CT molecular complexity index is 230. The van der Waals surface area contributed by atoms with E-state index in [-0.39, 0.29) is 0 Å². The van der Waals surface area contributed by atoms with Gasteiger partial charge >= 0.3 is 0 Å². The molecule has 0 aromatic carbocycles. The molecular weight excluding hydrogens is 178 g/mol. The molecule has 1 rings (SSSR count). The largest absolute Gasteiger partial charge is 0.317 e. The van der Waals surface area contributed by atoms with Gasteiger partial charge in [-0.25, -0.2) is 0 Å². The van der Waals surface area contributed by atoms with Crippen LogP contribution in [0.4, 0.5) is 0 Å². The van der Waals surface area contributed by atoms with Gasteiger partial charge < -0.3 is 5.32 Å². The van der Waals surface area contributed by atoms with E-state index in [1.54, 1.807) is 4.91 Å². The summed E-state index contributed by atoms with van der Waals surface area (Å²) in [5.74, 6) is 0. The topological polar surface area (TPSA) is 12.0 Å².